The number of thiazole rings is 1. The normalized spacial score (nSPS) is 10.8. The fraction of sp³-hybridized carbons (Fsp3) is 0.182. The summed E-state index contributed by atoms with van der Waals surface area (Å²) in [6.45, 7) is 1.75. The van der Waals surface area contributed by atoms with Crippen LogP contribution >= 0.6 is 22.9 Å². The van der Waals surface area contributed by atoms with Crippen molar-refractivity contribution in [3.8, 4) is 22.8 Å². The highest BCUT2D eigenvalue weighted by atomic mass is 35.5. The summed E-state index contributed by atoms with van der Waals surface area (Å²) in [6.07, 6.45) is 2.20. The molecule has 32 heavy (non-hydrogen) atoms. The maximum Gasteiger partial charge on any atom is 0.226 e. The summed E-state index contributed by atoms with van der Waals surface area (Å²) in [5.74, 6) is 1.97. The van der Waals surface area contributed by atoms with Gasteiger partial charge in [0, 0.05) is 35.7 Å². The summed E-state index contributed by atoms with van der Waals surface area (Å²) in [4.78, 5) is 31.9. The summed E-state index contributed by atoms with van der Waals surface area (Å²) < 4.78 is 11.4. The van der Waals surface area contributed by atoms with Crippen LogP contribution in [0.15, 0.2) is 56.8 Å². The monoisotopic (exact) mass is 470 g/mol. The highest BCUT2D eigenvalue weighted by molar-refractivity contribution is 7.14. The van der Waals surface area contributed by atoms with Crippen molar-refractivity contribution in [1.82, 2.24) is 15.3 Å². The zero-order valence-electron chi connectivity index (χ0n) is 17.1. The molecule has 1 aromatic carbocycles. The number of nitrogens with zero attached hydrogens (tertiary/aromatic N) is 2. The van der Waals surface area contributed by atoms with Crippen molar-refractivity contribution in [3.05, 3.63) is 64.6 Å². The van der Waals surface area contributed by atoms with Gasteiger partial charge in [-0.2, -0.15) is 0 Å². The number of aromatic nitrogens is 2. The van der Waals surface area contributed by atoms with Crippen LogP contribution in [-0.4, -0.2) is 21.8 Å². The van der Waals surface area contributed by atoms with Crippen molar-refractivity contribution >= 4 is 39.9 Å². The molecule has 0 spiro atoms. The summed E-state index contributed by atoms with van der Waals surface area (Å²) >= 11 is 7.20. The minimum atomic E-state index is -0.192. The van der Waals surface area contributed by atoms with Gasteiger partial charge in [-0.15, -0.1) is 11.3 Å². The van der Waals surface area contributed by atoms with Gasteiger partial charge in [0.25, 0.3) is 0 Å². The Morgan fingerprint density at radius 3 is 2.69 bits per heavy atom. The van der Waals surface area contributed by atoms with E-state index in [0.717, 1.165) is 5.56 Å². The molecule has 8 nitrogen and oxygen atoms in total. The maximum atomic E-state index is 12.3. The van der Waals surface area contributed by atoms with Gasteiger partial charge in [-0.25, -0.2) is 9.97 Å². The number of nitrogens with one attached hydrogen (secondary N) is 2. The van der Waals surface area contributed by atoms with Gasteiger partial charge in [0.15, 0.2) is 22.5 Å². The Balaban J connectivity index is 1.29. The van der Waals surface area contributed by atoms with Crippen LogP contribution in [0.25, 0.3) is 22.8 Å². The third-order valence-corrected chi connectivity index (χ3v) is 5.43. The summed E-state index contributed by atoms with van der Waals surface area (Å²) in [5.41, 5.74) is 1.48. The van der Waals surface area contributed by atoms with Crippen molar-refractivity contribution in [1.29, 1.82) is 0 Å². The molecule has 0 radical (unpaired) electrons. The van der Waals surface area contributed by atoms with E-state index in [4.69, 9.17) is 20.4 Å². The van der Waals surface area contributed by atoms with E-state index in [2.05, 4.69) is 20.6 Å². The molecule has 3 aromatic heterocycles. The summed E-state index contributed by atoms with van der Waals surface area (Å²) in [7, 11) is 0. The number of carbonyl (C=O) groups excluding carboxylic acids is 2. The van der Waals surface area contributed by atoms with Crippen molar-refractivity contribution in [2.24, 2.45) is 0 Å². The van der Waals surface area contributed by atoms with Crippen LogP contribution in [0.1, 0.15) is 25.0 Å². The van der Waals surface area contributed by atoms with E-state index in [9.17, 15) is 9.59 Å². The van der Waals surface area contributed by atoms with Crippen LogP contribution in [0.5, 0.6) is 0 Å². The first kappa shape index (κ1) is 21.8. The van der Waals surface area contributed by atoms with Crippen molar-refractivity contribution in [2.75, 3.05) is 5.32 Å². The predicted octanol–water partition coefficient (Wildman–Crippen LogP) is 4.92. The minimum absolute atomic E-state index is 0.132. The molecule has 4 rings (SSSR count). The second-order valence-corrected chi connectivity index (χ2v) is 8.18. The zero-order chi connectivity index (χ0) is 22.5. The molecule has 0 atom stereocenters. The Morgan fingerprint density at radius 2 is 1.91 bits per heavy atom. The standard InChI is InChI=1S/C22H19ClN4O4S/c1-13(28)24-10-16-6-7-18(30-16)17-12-32-22(26-17)27-20(29)8-9-21-25-11-19(31-21)14-2-4-15(23)5-3-14/h2-7,11-12H,8-10H2,1H3,(H,24,28)(H,26,27,29). The van der Waals surface area contributed by atoms with Crippen LogP contribution in [-0.2, 0) is 22.6 Å². The number of furan rings is 1. The SMILES string of the molecule is CC(=O)NCc1ccc(-c2csc(NC(=O)CCc3ncc(-c4ccc(Cl)cc4)o3)n2)o1. The topological polar surface area (TPSA) is 110 Å². The molecule has 0 aliphatic rings. The molecule has 0 fully saturated rings. The van der Waals surface area contributed by atoms with E-state index in [-0.39, 0.29) is 18.2 Å². The Labute approximate surface area is 192 Å². The van der Waals surface area contributed by atoms with E-state index >= 15 is 0 Å². The number of hydrogen-bond donors (Lipinski definition) is 2. The number of anilines is 1. The predicted molar refractivity (Wildman–Crippen MR) is 121 cm³/mol. The number of benzene rings is 1. The lowest BCUT2D eigenvalue weighted by Gasteiger charge is -2.00. The lowest BCUT2D eigenvalue weighted by molar-refractivity contribution is -0.119. The van der Waals surface area contributed by atoms with E-state index in [1.807, 2.05) is 12.1 Å². The molecule has 2 N–H and O–H groups in total. The molecule has 10 heteroatoms. The van der Waals surface area contributed by atoms with E-state index < -0.39 is 0 Å². The van der Waals surface area contributed by atoms with Crippen LogP contribution in [0.2, 0.25) is 5.02 Å². The number of halogens is 1. The van der Waals surface area contributed by atoms with Gasteiger partial charge in [-0.1, -0.05) is 11.6 Å². The maximum absolute atomic E-state index is 12.3. The summed E-state index contributed by atoms with van der Waals surface area (Å²) in [5, 5.41) is 8.36. The Bertz CT molecular complexity index is 1230. The van der Waals surface area contributed by atoms with Crippen LogP contribution in [0.4, 0.5) is 5.13 Å². The smallest absolute Gasteiger partial charge is 0.226 e. The first-order valence-electron chi connectivity index (χ1n) is 9.76. The molecule has 0 saturated carbocycles. The van der Waals surface area contributed by atoms with E-state index in [1.54, 1.807) is 35.8 Å². The lowest BCUT2D eigenvalue weighted by atomic mass is 10.2. The highest BCUT2D eigenvalue weighted by Gasteiger charge is 2.13. The molecule has 0 unspecified atom stereocenters. The quantitative estimate of drug-likeness (QED) is 0.378. The fourth-order valence-electron chi connectivity index (χ4n) is 2.84. The second kappa shape index (κ2) is 9.80. The number of aryl methyl sites for hydroxylation is 1. The largest absolute Gasteiger partial charge is 0.458 e. The molecular formula is C22H19ClN4O4S. The first-order valence-corrected chi connectivity index (χ1v) is 11.0. The third-order valence-electron chi connectivity index (χ3n) is 4.42. The van der Waals surface area contributed by atoms with E-state index in [1.165, 1.54) is 18.3 Å². The molecular weight excluding hydrogens is 452 g/mol. The molecule has 0 aliphatic heterocycles. The molecule has 4 aromatic rings. The van der Waals surface area contributed by atoms with Gasteiger partial charge >= 0.3 is 0 Å². The number of amides is 2. The van der Waals surface area contributed by atoms with Crippen LogP contribution in [0.3, 0.4) is 0 Å². The molecule has 0 saturated heterocycles. The lowest BCUT2D eigenvalue weighted by Crippen LogP contribution is -2.18. The van der Waals surface area contributed by atoms with Crippen molar-refractivity contribution < 1.29 is 18.4 Å². The Kier molecular flexibility index (Phi) is 6.67. The number of oxazole rings is 1. The van der Waals surface area contributed by atoms with Gasteiger partial charge in [0.05, 0.1) is 12.7 Å². The summed E-state index contributed by atoms with van der Waals surface area (Å²) in [6, 6.07) is 10.8. The first-order chi connectivity index (χ1) is 15.5. The molecule has 0 bridgehead atoms. The second-order valence-electron chi connectivity index (χ2n) is 6.89. The number of carbonyl (C=O) groups is 2. The van der Waals surface area contributed by atoms with Gasteiger partial charge in [-0.05, 0) is 36.4 Å². The van der Waals surface area contributed by atoms with Gasteiger partial charge in [-0.3, -0.25) is 9.59 Å². The third kappa shape index (κ3) is 5.63. The molecule has 3 heterocycles. The van der Waals surface area contributed by atoms with E-state index in [0.29, 0.717) is 52.0 Å². The van der Waals surface area contributed by atoms with Crippen LogP contribution < -0.4 is 10.6 Å². The van der Waals surface area contributed by atoms with Crippen LogP contribution in [0, 0.1) is 0 Å². The average molecular weight is 471 g/mol. The molecule has 0 aliphatic carbocycles. The van der Waals surface area contributed by atoms with Crippen molar-refractivity contribution in [2.45, 2.75) is 26.3 Å². The molecule has 164 valence electrons. The minimum Gasteiger partial charge on any atom is -0.458 e. The Hall–Kier alpha value is -3.43. The van der Waals surface area contributed by atoms with Gasteiger partial charge in [0.2, 0.25) is 11.8 Å². The number of rotatable bonds is 8. The van der Waals surface area contributed by atoms with Gasteiger partial charge < -0.3 is 19.5 Å². The van der Waals surface area contributed by atoms with Gasteiger partial charge in [0.1, 0.15) is 11.5 Å². The average Bonchev–Trinajstić information content (AvgIpc) is 3.52. The molecule has 2 amide bonds. The zero-order valence-corrected chi connectivity index (χ0v) is 18.6. The number of hydrogen-bond acceptors (Lipinski definition) is 7. The fourth-order valence-corrected chi connectivity index (χ4v) is 3.68. The Morgan fingerprint density at radius 1 is 1.09 bits per heavy atom. The van der Waals surface area contributed by atoms with Crippen molar-refractivity contribution in [3.63, 3.8) is 0 Å². The highest BCUT2D eigenvalue weighted by Crippen LogP contribution is 2.27.